The molecule has 0 radical (unpaired) electrons. The Labute approximate surface area is 88.7 Å². The van der Waals surface area contributed by atoms with Crippen LogP contribution in [0.25, 0.3) is 0 Å². The van der Waals surface area contributed by atoms with Crippen LogP contribution in [0, 0.1) is 11.8 Å². The molecule has 0 saturated heterocycles. The zero-order valence-corrected chi connectivity index (χ0v) is 9.60. The number of hydrogen-bond donors (Lipinski definition) is 1. The van der Waals surface area contributed by atoms with Crippen molar-refractivity contribution in [3.05, 3.63) is 0 Å². The third kappa shape index (κ3) is 3.27. The minimum absolute atomic E-state index is 0.892. The second-order valence-corrected chi connectivity index (χ2v) is 5.41. The second-order valence-electron chi connectivity index (χ2n) is 5.41. The van der Waals surface area contributed by atoms with Crippen molar-refractivity contribution in [1.82, 2.24) is 5.32 Å². The molecule has 0 amide bonds. The molecule has 1 nitrogen and oxygen atoms in total. The predicted molar refractivity (Wildman–Crippen MR) is 61.4 cm³/mol. The van der Waals surface area contributed by atoms with Gasteiger partial charge in [0, 0.05) is 6.04 Å². The number of rotatable bonds is 4. The summed E-state index contributed by atoms with van der Waals surface area (Å²) in [5.74, 6) is 1.93. The van der Waals surface area contributed by atoms with Crippen LogP contribution in [0.5, 0.6) is 0 Å². The summed E-state index contributed by atoms with van der Waals surface area (Å²) >= 11 is 0. The van der Waals surface area contributed by atoms with Crippen LogP contribution in [0.4, 0.5) is 0 Å². The monoisotopic (exact) mass is 195 g/mol. The Morgan fingerprint density at radius 1 is 1.00 bits per heavy atom. The van der Waals surface area contributed by atoms with Gasteiger partial charge in [-0.2, -0.15) is 0 Å². The first kappa shape index (κ1) is 10.5. The Bertz CT molecular complexity index is 155. The van der Waals surface area contributed by atoms with Gasteiger partial charge in [0.25, 0.3) is 0 Å². The van der Waals surface area contributed by atoms with Gasteiger partial charge in [0.2, 0.25) is 0 Å². The minimum Gasteiger partial charge on any atom is -0.314 e. The maximum absolute atomic E-state index is 3.67. The normalized spacial score (nSPS) is 27.2. The van der Waals surface area contributed by atoms with Crippen molar-refractivity contribution in [2.45, 2.75) is 64.3 Å². The second kappa shape index (κ2) is 5.16. The molecule has 0 heterocycles. The zero-order valence-electron chi connectivity index (χ0n) is 9.60. The van der Waals surface area contributed by atoms with Crippen LogP contribution in [0.15, 0.2) is 0 Å². The molecule has 14 heavy (non-hydrogen) atoms. The van der Waals surface area contributed by atoms with Crippen molar-refractivity contribution < 1.29 is 0 Å². The third-order valence-corrected chi connectivity index (χ3v) is 4.01. The van der Waals surface area contributed by atoms with Gasteiger partial charge >= 0.3 is 0 Å². The summed E-state index contributed by atoms with van der Waals surface area (Å²) in [6.07, 6.45) is 11.8. The van der Waals surface area contributed by atoms with Crippen molar-refractivity contribution >= 4 is 0 Å². The topological polar surface area (TPSA) is 12.0 Å². The molecule has 2 fully saturated rings. The average Bonchev–Trinajstić information content (AvgIpc) is 3.01. The first-order chi connectivity index (χ1) is 6.86. The molecule has 2 aliphatic rings. The maximum atomic E-state index is 3.67. The molecular weight excluding hydrogens is 170 g/mol. The van der Waals surface area contributed by atoms with Crippen molar-refractivity contribution in [2.75, 3.05) is 6.54 Å². The van der Waals surface area contributed by atoms with Crippen LogP contribution in [-0.4, -0.2) is 12.6 Å². The molecule has 82 valence electrons. The predicted octanol–water partition coefficient (Wildman–Crippen LogP) is 3.34. The van der Waals surface area contributed by atoms with E-state index in [2.05, 4.69) is 12.2 Å². The number of hydrogen-bond acceptors (Lipinski definition) is 1. The van der Waals surface area contributed by atoms with E-state index >= 15 is 0 Å². The Kier molecular flexibility index (Phi) is 3.86. The maximum Gasteiger partial charge on any atom is 0.00683 e. The Balaban J connectivity index is 1.67. The highest BCUT2D eigenvalue weighted by Gasteiger charge is 2.23. The lowest BCUT2D eigenvalue weighted by molar-refractivity contribution is 0.307. The first-order valence-corrected chi connectivity index (χ1v) is 6.59. The van der Waals surface area contributed by atoms with E-state index in [1.54, 1.807) is 0 Å². The van der Waals surface area contributed by atoms with Gasteiger partial charge in [0.05, 0.1) is 0 Å². The molecule has 0 aromatic rings. The summed E-state index contributed by atoms with van der Waals surface area (Å²) in [5, 5.41) is 3.67. The van der Waals surface area contributed by atoms with E-state index in [1.807, 2.05) is 0 Å². The van der Waals surface area contributed by atoms with E-state index in [0.717, 1.165) is 17.9 Å². The average molecular weight is 195 g/mol. The molecule has 1 atom stereocenters. The summed E-state index contributed by atoms with van der Waals surface area (Å²) in [4.78, 5) is 0. The van der Waals surface area contributed by atoms with Crippen LogP contribution in [0.1, 0.15) is 58.3 Å². The highest BCUT2D eigenvalue weighted by atomic mass is 14.9. The fraction of sp³-hybridized carbons (Fsp3) is 1.00. The molecule has 0 spiro atoms. The van der Waals surface area contributed by atoms with Gasteiger partial charge < -0.3 is 5.32 Å². The molecule has 1 heteroatoms. The fourth-order valence-corrected chi connectivity index (χ4v) is 2.69. The summed E-state index contributed by atoms with van der Waals surface area (Å²) < 4.78 is 0. The van der Waals surface area contributed by atoms with E-state index < -0.39 is 0 Å². The molecule has 0 aliphatic heterocycles. The van der Waals surface area contributed by atoms with E-state index in [4.69, 9.17) is 0 Å². The molecule has 1 unspecified atom stereocenters. The third-order valence-electron chi connectivity index (χ3n) is 4.01. The molecular formula is C13H25N. The van der Waals surface area contributed by atoms with Crippen LogP contribution in [0.3, 0.4) is 0 Å². The minimum atomic E-state index is 0.892. The summed E-state index contributed by atoms with van der Waals surface area (Å²) in [7, 11) is 0. The van der Waals surface area contributed by atoms with E-state index in [0.29, 0.717) is 0 Å². The Morgan fingerprint density at radius 2 is 1.64 bits per heavy atom. The zero-order chi connectivity index (χ0) is 9.80. The van der Waals surface area contributed by atoms with Gasteiger partial charge in [-0.3, -0.25) is 0 Å². The van der Waals surface area contributed by atoms with E-state index in [-0.39, 0.29) is 0 Å². The summed E-state index contributed by atoms with van der Waals surface area (Å²) in [6.45, 7) is 3.72. The van der Waals surface area contributed by atoms with Gasteiger partial charge in [0.15, 0.2) is 0 Å². The van der Waals surface area contributed by atoms with Crippen molar-refractivity contribution in [1.29, 1.82) is 0 Å². The van der Waals surface area contributed by atoms with E-state index in [9.17, 15) is 0 Å². The van der Waals surface area contributed by atoms with Crippen LogP contribution >= 0.6 is 0 Å². The largest absolute Gasteiger partial charge is 0.314 e. The standard InChI is InChI=1S/C13H25N/c1-11(10-14-13-8-9-13)12-6-4-2-3-5-7-12/h11-14H,2-10H2,1H3. The van der Waals surface area contributed by atoms with Crippen molar-refractivity contribution in [3.8, 4) is 0 Å². The lowest BCUT2D eigenvalue weighted by Gasteiger charge is -2.22. The molecule has 0 aromatic heterocycles. The highest BCUT2D eigenvalue weighted by Crippen LogP contribution is 2.29. The quantitative estimate of drug-likeness (QED) is 0.678. The van der Waals surface area contributed by atoms with Gasteiger partial charge in [0.1, 0.15) is 0 Å². The lowest BCUT2D eigenvalue weighted by atomic mass is 9.87. The molecule has 2 saturated carbocycles. The van der Waals surface area contributed by atoms with Gasteiger partial charge in [-0.25, -0.2) is 0 Å². The fourth-order valence-electron chi connectivity index (χ4n) is 2.69. The molecule has 0 bridgehead atoms. The molecule has 2 aliphatic carbocycles. The number of nitrogens with one attached hydrogen (secondary N) is 1. The van der Waals surface area contributed by atoms with Crippen LogP contribution < -0.4 is 5.32 Å². The smallest absolute Gasteiger partial charge is 0.00683 e. The van der Waals surface area contributed by atoms with Crippen LogP contribution in [0.2, 0.25) is 0 Å². The van der Waals surface area contributed by atoms with Crippen LogP contribution in [-0.2, 0) is 0 Å². The SMILES string of the molecule is CC(CNC1CC1)C1CCCCCC1. The Hall–Kier alpha value is -0.0400. The van der Waals surface area contributed by atoms with Gasteiger partial charge in [-0.15, -0.1) is 0 Å². The van der Waals surface area contributed by atoms with Crippen molar-refractivity contribution in [3.63, 3.8) is 0 Å². The molecule has 1 N–H and O–H groups in total. The highest BCUT2D eigenvalue weighted by molar-refractivity contribution is 4.82. The molecule has 0 aromatic carbocycles. The van der Waals surface area contributed by atoms with Crippen molar-refractivity contribution in [2.24, 2.45) is 11.8 Å². The van der Waals surface area contributed by atoms with Gasteiger partial charge in [-0.05, 0) is 31.2 Å². The Morgan fingerprint density at radius 3 is 2.21 bits per heavy atom. The van der Waals surface area contributed by atoms with E-state index in [1.165, 1.54) is 57.9 Å². The van der Waals surface area contributed by atoms with Gasteiger partial charge in [-0.1, -0.05) is 45.4 Å². The summed E-state index contributed by atoms with van der Waals surface area (Å²) in [6, 6.07) is 0.892. The molecule has 2 rings (SSSR count). The summed E-state index contributed by atoms with van der Waals surface area (Å²) in [5.41, 5.74) is 0. The lowest BCUT2D eigenvalue weighted by Crippen LogP contribution is -2.27. The first-order valence-electron chi connectivity index (χ1n) is 6.59.